The SMILES string of the molecule is C=CCOc1ccc(CN[C@H]2c3ccccc3C[C@H]2O)cc1. The normalized spacial score (nSPS) is 19.7. The predicted molar refractivity (Wildman–Crippen MR) is 87.9 cm³/mol. The third-order valence-corrected chi connectivity index (χ3v) is 4.02. The van der Waals surface area contributed by atoms with Crippen LogP contribution >= 0.6 is 0 Å². The van der Waals surface area contributed by atoms with Crippen molar-refractivity contribution in [2.75, 3.05) is 6.61 Å². The average molecular weight is 295 g/mol. The molecular formula is C19H21NO2. The van der Waals surface area contributed by atoms with Crippen molar-refractivity contribution in [2.45, 2.75) is 25.1 Å². The van der Waals surface area contributed by atoms with Crippen molar-refractivity contribution in [1.82, 2.24) is 5.32 Å². The van der Waals surface area contributed by atoms with Gasteiger partial charge in [-0.05, 0) is 28.8 Å². The second-order valence-electron chi connectivity index (χ2n) is 5.57. The number of aliphatic hydroxyl groups excluding tert-OH is 1. The van der Waals surface area contributed by atoms with E-state index >= 15 is 0 Å². The molecule has 3 nitrogen and oxygen atoms in total. The fourth-order valence-corrected chi connectivity index (χ4v) is 2.91. The molecule has 1 aliphatic carbocycles. The van der Waals surface area contributed by atoms with Crippen LogP contribution in [0.2, 0.25) is 0 Å². The highest BCUT2D eigenvalue weighted by Crippen LogP contribution is 2.31. The highest BCUT2D eigenvalue weighted by atomic mass is 16.5. The molecule has 114 valence electrons. The van der Waals surface area contributed by atoms with Gasteiger partial charge in [0.15, 0.2) is 0 Å². The number of fused-ring (bicyclic) bond motifs is 1. The first kappa shape index (κ1) is 14.8. The number of benzene rings is 2. The largest absolute Gasteiger partial charge is 0.490 e. The van der Waals surface area contributed by atoms with E-state index in [9.17, 15) is 5.11 Å². The van der Waals surface area contributed by atoms with Crippen LogP contribution in [0, 0.1) is 0 Å². The zero-order chi connectivity index (χ0) is 15.4. The Morgan fingerprint density at radius 2 is 1.95 bits per heavy atom. The zero-order valence-electron chi connectivity index (χ0n) is 12.5. The smallest absolute Gasteiger partial charge is 0.119 e. The molecule has 0 fully saturated rings. The third-order valence-electron chi connectivity index (χ3n) is 4.02. The van der Waals surface area contributed by atoms with E-state index in [1.165, 1.54) is 16.7 Å². The molecule has 0 radical (unpaired) electrons. The summed E-state index contributed by atoms with van der Waals surface area (Å²) in [5.74, 6) is 0.842. The van der Waals surface area contributed by atoms with Crippen molar-refractivity contribution in [1.29, 1.82) is 0 Å². The lowest BCUT2D eigenvalue weighted by molar-refractivity contribution is 0.140. The van der Waals surface area contributed by atoms with Crippen LogP contribution < -0.4 is 10.1 Å². The topological polar surface area (TPSA) is 41.5 Å². The summed E-state index contributed by atoms with van der Waals surface area (Å²) in [6, 6.07) is 16.2. The molecule has 0 unspecified atom stereocenters. The van der Waals surface area contributed by atoms with Gasteiger partial charge in [0.05, 0.1) is 12.1 Å². The van der Waals surface area contributed by atoms with E-state index in [-0.39, 0.29) is 12.1 Å². The standard InChI is InChI=1S/C19H21NO2/c1-2-11-22-16-9-7-14(8-10-16)13-20-19-17-6-4-3-5-15(17)12-18(19)21/h2-10,18-21H,1,11-13H2/t18-,19+/m1/s1. The second kappa shape index (κ2) is 6.77. The molecule has 22 heavy (non-hydrogen) atoms. The number of ether oxygens (including phenoxy) is 1. The summed E-state index contributed by atoms with van der Waals surface area (Å²) in [5.41, 5.74) is 3.61. The minimum atomic E-state index is -0.354. The first-order valence-corrected chi connectivity index (χ1v) is 7.60. The minimum absolute atomic E-state index is 0.00731. The van der Waals surface area contributed by atoms with Gasteiger partial charge in [0.25, 0.3) is 0 Å². The quantitative estimate of drug-likeness (QED) is 0.805. The Labute approximate surface area is 131 Å². The molecule has 2 N–H and O–H groups in total. The van der Waals surface area contributed by atoms with Crippen molar-refractivity contribution in [3.63, 3.8) is 0 Å². The van der Waals surface area contributed by atoms with Crippen LogP contribution in [0.5, 0.6) is 5.75 Å². The predicted octanol–water partition coefficient (Wildman–Crippen LogP) is 3.00. The van der Waals surface area contributed by atoms with Crippen LogP contribution in [0.3, 0.4) is 0 Å². The molecule has 0 spiro atoms. The molecule has 0 bridgehead atoms. The van der Waals surface area contributed by atoms with Gasteiger partial charge in [-0.2, -0.15) is 0 Å². The molecule has 0 aromatic heterocycles. The fraction of sp³-hybridized carbons (Fsp3) is 0.263. The molecule has 0 heterocycles. The van der Waals surface area contributed by atoms with E-state index in [1.807, 2.05) is 36.4 Å². The van der Waals surface area contributed by atoms with Crippen molar-refractivity contribution in [3.05, 3.63) is 77.9 Å². The minimum Gasteiger partial charge on any atom is -0.490 e. The van der Waals surface area contributed by atoms with Crippen LogP contribution in [0.25, 0.3) is 0 Å². The summed E-state index contributed by atoms with van der Waals surface area (Å²) in [5, 5.41) is 13.7. The average Bonchev–Trinajstić information content (AvgIpc) is 2.87. The van der Waals surface area contributed by atoms with Crippen LogP contribution in [-0.2, 0) is 13.0 Å². The summed E-state index contributed by atoms with van der Waals surface area (Å²) in [6.07, 6.45) is 2.10. The Kier molecular flexibility index (Phi) is 4.56. The van der Waals surface area contributed by atoms with Crippen LogP contribution in [-0.4, -0.2) is 17.8 Å². The Bertz CT molecular complexity index is 636. The van der Waals surface area contributed by atoms with Gasteiger partial charge in [-0.1, -0.05) is 49.1 Å². The van der Waals surface area contributed by atoms with Crippen molar-refractivity contribution in [3.8, 4) is 5.75 Å². The van der Waals surface area contributed by atoms with E-state index in [1.54, 1.807) is 6.08 Å². The maximum atomic E-state index is 10.2. The molecular weight excluding hydrogens is 274 g/mol. The first-order chi connectivity index (χ1) is 10.8. The molecule has 1 aliphatic rings. The summed E-state index contributed by atoms with van der Waals surface area (Å²) in [7, 11) is 0. The lowest BCUT2D eigenvalue weighted by Gasteiger charge is -2.18. The lowest BCUT2D eigenvalue weighted by atomic mass is 10.1. The number of nitrogens with one attached hydrogen (secondary N) is 1. The first-order valence-electron chi connectivity index (χ1n) is 7.60. The van der Waals surface area contributed by atoms with E-state index in [0.29, 0.717) is 6.61 Å². The molecule has 0 saturated heterocycles. The van der Waals surface area contributed by atoms with Gasteiger partial charge in [-0.15, -0.1) is 0 Å². The number of hydrogen-bond donors (Lipinski definition) is 2. The summed E-state index contributed by atoms with van der Waals surface area (Å²) in [6.45, 7) is 4.87. The fourth-order valence-electron chi connectivity index (χ4n) is 2.91. The third kappa shape index (κ3) is 3.21. The number of hydrogen-bond acceptors (Lipinski definition) is 3. The van der Waals surface area contributed by atoms with Crippen LogP contribution in [0.4, 0.5) is 0 Å². The van der Waals surface area contributed by atoms with Gasteiger partial charge in [0.1, 0.15) is 12.4 Å². The molecule has 0 saturated carbocycles. The molecule has 2 aromatic rings. The Balaban J connectivity index is 1.62. The van der Waals surface area contributed by atoms with Gasteiger partial charge in [0.2, 0.25) is 0 Å². The van der Waals surface area contributed by atoms with Gasteiger partial charge in [0, 0.05) is 13.0 Å². The van der Waals surface area contributed by atoms with Crippen molar-refractivity contribution >= 4 is 0 Å². The van der Waals surface area contributed by atoms with Crippen LogP contribution in [0.15, 0.2) is 61.2 Å². The van der Waals surface area contributed by atoms with Crippen molar-refractivity contribution in [2.24, 2.45) is 0 Å². The molecule has 2 atom stereocenters. The highest BCUT2D eigenvalue weighted by Gasteiger charge is 2.29. The summed E-state index contributed by atoms with van der Waals surface area (Å²) < 4.78 is 5.47. The Morgan fingerprint density at radius 1 is 1.18 bits per heavy atom. The van der Waals surface area contributed by atoms with Gasteiger partial charge in [-0.25, -0.2) is 0 Å². The Morgan fingerprint density at radius 3 is 2.73 bits per heavy atom. The summed E-state index contributed by atoms with van der Waals surface area (Å²) in [4.78, 5) is 0. The number of aliphatic hydroxyl groups is 1. The van der Waals surface area contributed by atoms with E-state index in [4.69, 9.17) is 4.74 Å². The summed E-state index contributed by atoms with van der Waals surface area (Å²) >= 11 is 0. The maximum Gasteiger partial charge on any atom is 0.119 e. The van der Waals surface area contributed by atoms with Gasteiger partial charge < -0.3 is 15.2 Å². The number of rotatable bonds is 6. The molecule has 3 heteroatoms. The molecule has 2 aromatic carbocycles. The van der Waals surface area contributed by atoms with Crippen LogP contribution in [0.1, 0.15) is 22.7 Å². The van der Waals surface area contributed by atoms with E-state index in [2.05, 4.69) is 24.0 Å². The maximum absolute atomic E-state index is 10.2. The molecule has 0 aliphatic heterocycles. The molecule has 3 rings (SSSR count). The monoisotopic (exact) mass is 295 g/mol. The lowest BCUT2D eigenvalue weighted by Crippen LogP contribution is -2.28. The second-order valence-corrected chi connectivity index (χ2v) is 5.57. The Hall–Kier alpha value is -2.10. The zero-order valence-corrected chi connectivity index (χ0v) is 12.5. The molecule has 0 amide bonds. The van der Waals surface area contributed by atoms with Crippen molar-refractivity contribution < 1.29 is 9.84 Å². The van der Waals surface area contributed by atoms with E-state index < -0.39 is 0 Å². The highest BCUT2D eigenvalue weighted by molar-refractivity contribution is 5.36. The van der Waals surface area contributed by atoms with E-state index in [0.717, 1.165) is 18.7 Å². The van der Waals surface area contributed by atoms with Gasteiger partial charge in [-0.3, -0.25) is 0 Å². The van der Waals surface area contributed by atoms with Gasteiger partial charge >= 0.3 is 0 Å².